The number of nitrogens with zero attached hydrogens (tertiary/aromatic N) is 2. The van der Waals surface area contributed by atoms with E-state index >= 15 is 0 Å². The Kier molecular flexibility index (Phi) is 5.42. The number of aromatic nitrogens is 2. The lowest BCUT2D eigenvalue weighted by Crippen LogP contribution is -2.52. The second-order valence-electron chi connectivity index (χ2n) is 7.45. The number of piperidine rings is 1. The van der Waals surface area contributed by atoms with Crippen molar-refractivity contribution in [3.05, 3.63) is 17.5 Å². The molecule has 1 atom stereocenters. The van der Waals surface area contributed by atoms with Crippen molar-refractivity contribution in [3.8, 4) is 0 Å². The van der Waals surface area contributed by atoms with Crippen LogP contribution < -0.4 is 5.32 Å². The molecule has 1 aliphatic carbocycles. The molecule has 2 fully saturated rings. The van der Waals surface area contributed by atoms with Crippen LogP contribution >= 0.6 is 0 Å². The van der Waals surface area contributed by atoms with Gasteiger partial charge >= 0.3 is 0 Å². The molecule has 0 bridgehead atoms. The molecule has 1 saturated heterocycles. The normalized spacial score (nSPS) is 25.0. The van der Waals surface area contributed by atoms with Gasteiger partial charge in [0.15, 0.2) is 0 Å². The molecular weight excluding hydrogens is 320 g/mol. The van der Waals surface area contributed by atoms with Gasteiger partial charge in [-0.25, -0.2) is 0 Å². The van der Waals surface area contributed by atoms with Crippen LogP contribution in [0.25, 0.3) is 0 Å². The van der Waals surface area contributed by atoms with Crippen LogP contribution in [-0.4, -0.2) is 57.8 Å². The molecule has 0 spiro atoms. The lowest BCUT2D eigenvalue weighted by molar-refractivity contribution is -0.127. The number of carbonyl (C=O) groups excluding carboxylic acids is 2. The van der Waals surface area contributed by atoms with Crippen LogP contribution in [0.2, 0.25) is 0 Å². The second-order valence-corrected chi connectivity index (χ2v) is 7.45. The highest BCUT2D eigenvalue weighted by Crippen LogP contribution is 2.32. The largest absolute Gasteiger partial charge is 0.388 e. The van der Waals surface area contributed by atoms with Crippen molar-refractivity contribution in [2.75, 3.05) is 20.1 Å². The molecule has 1 aromatic rings. The Morgan fingerprint density at radius 2 is 2.12 bits per heavy atom. The summed E-state index contributed by atoms with van der Waals surface area (Å²) in [6.45, 7) is 0.755. The van der Waals surface area contributed by atoms with Crippen molar-refractivity contribution < 1.29 is 14.7 Å². The maximum atomic E-state index is 12.8. The Labute approximate surface area is 148 Å². The second kappa shape index (κ2) is 7.56. The van der Waals surface area contributed by atoms with Gasteiger partial charge in [-0.1, -0.05) is 19.3 Å². The molecule has 25 heavy (non-hydrogen) atoms. The monoisotopic (exact) mass is 348 g/mol. The van der Waals surface area contributed by atoms with Gasteiger partial charge in [-0.3, -0.25) is 14.7 Å². The van der Waals surface area contributed by atoms with E-state index in [1.165, 1.54) is 19.3 Å². The van der Waals surface area contributed by atoms with Crippen LogP contribution in [0.3, 0.4) is 0 Å². The van der Waals surface area contributed by atoms with Crippen LogP contribution in [0, 0.1) is 0 Å². The first kappa shape index (κ1) is 17.9. The maximum Gasteiger partial charge on any atom is 0.274 e. The number of carbonyl (C=O) groups is 2. The summed E-state index contributed by atoms with van der Waals surface area (Å²) in [7, 11) is 1.55. The lowest BCUT2D eigenvalue weighted by Gasteiger charge is -2.38. The zero-order valence-corrected chi connectivity index (χ0v) is 14.9. The van der Waals surface area contributed by atoms with Crippen LogP contribution in [0.5, 0.6) is 0 Å². The van der Waals surface area contributed by atoms with Crippen molar-refractivity contribution in [1.82, 2.24) is 20.4 Å². The van der Waals surface area contributed by atoms with Crippen molar-refractivity contribution in [1.29, 1.82) is 0 Å². The first-order valence-electron chi connectivity index (χ1n) is 9.28. The average Bonchev–Trinajstić information content (AvgIpc) is 3.11. The van der Waals surface area contributed by atoms with Crippen molar-refractivity contribution in [2.24, 2.45) is 0 Å². The van der Waals surface area contributed by atoms with Gasteiger partial charge in [-0.15, -0.1) is 0 Å². The molecule has 0 radical (unpaired) electrons. The Balaban J connectivity index is 1.66. The van der Waals surface area contributed by atoms with Crippen molar-refractivity contribution in [3.63, 3.8) is 0 Å². The molecule has 2 amide bonds. The fourth-order valence-corrected chi connectivity index (χ4v) is 4.05. The predicted octanol–water partition coefficient (Wildman–Crippen LogP) is 1.56. The molecule has 0 aromatic carbocycles. The van der Waals surface area contributed by atoms with E-state index in [2.05, 4.69) is 15.5 Å². The average molecular weight is 348 g/mol. The number of nitrogens with one attached hydrogen (secondary N) is 2. The molecule has 3 rings (SSSR count). The molecule has 1 saturated carbocycles. The van der Waals surface area contributed by atoms with Gasteiger partial charge in [0.2, 0.25) is 5.91 Å². The molecule has 3 N–H and O–H groups in total. The van der Waals surface area contributed by atoms with Gasteiger partial charge in [-0.05, 0) is 31.7 Å². The third kappa shape index (κ3) is 4.21. The number of rotatable bonds is 4. The highest BCUT2D eigenvalue weighted by atomic mass is 16.3. The Hall–Kier alpha value is -1.89. The summed E-state index contributed by atoms with van der Waals surface area (Å²) in [5.41, 5.74) is 0.293. The number of aliphatic hydroxyl groups is 1. The third-order valence-corrected chi connectivity index (χ3v) is 5.47. The molecule has 7 heteroatoms. The van der Waals surface area contributed by atoms with E-state index in [4.69, 9.17) is 0 Å². The fraction of sp³-hybridized carbons (Fsp3) is 0.722. The fourth-order valence-electron chi connectivity index (χ4n) is 4.05. The third-order valence-electron chi connectivity index (χ3n) is 5.47. The number of H-pyrrole nitrogens is 1. The highest BCUT2D eigenvalue weighted by molar-refractivity contribution is 5.92. The minimum Gasteiger partial charge on any atom is -0.388 e. The zero-order chi connectivity index (χ0) is 17.9. The van der Waals surface area contributed by atoms with E-state index in [1.807, 2.05) is 6.07 Å². The van der Waals surface area contributed by atoms with E-state index in [-0.39, 0.29) is 24.8 Å². The van der Waals surface area contributed by atoms with Crippen molar-refractivity contribution in [2.45, 2.75) is 62.9 Å². The molecule has 1 aromatic heterocycles. The van der Waals surface area contributed by atoms with Crippen LogP contribution in [0.4, 0.5) is 0 Å². The molecule has 2 aliphatic rings. The molecule has 2 heterocycles. The minimum atomic E-state index is -1.16. The van der Waals surface area contributed by atoms with Gasteiger partial charge in [0.1, 0.15) is 5.69 Å². The SMILES string of the molecule is CNC(=O)CC1(O)CCCN(C(=O)c2cc(C3CCCCC3)[nH]n2)C1. The van der Waals surface area contributed by atoms with E-state index < -0.39 is 5.60 Å². The van der Waals surface area contributed by atoms with E-state index in [9.17, 15) is 14.7 Å². The van der Waals surface area contributed by atoms with E-state index in [0.29, 0.717) is 31.0 Å². The Bertz CT molecular complexity index is 624. The molecular formula is C18H28N4O3. The Morgan fingerprint density at radius 1 is 1.36 bits per heavy atom. The summed E-state index contributed by atoms with van der Waals surface area (Å²) < 4.78 is 0. The summed E-state index contributed by atoms with van der Waals surface area (Å²) in [5, 5.41) is 20.4. The first-order chi connectivity index (χ1) is 12.0. The molecule has 7 nitrogen and oxygen atoms in total. The van der Waals surface area contributed by atoms with Gasteiger partial charge in [0.25, 0.3) is 5.91 Å². The number of hydrogen-bond donors (Lipinski definition) is 3. The van der Waals surface area contributed by atoms with Crippen LogP contribution in [0.1, 0.15) is 73.5 Å². The van der Waals surface area contributed by atoms with Gasteiger partial charge in [0.05, 0.1) is 18.6 Å². The number of β-amino-alcohol motifs (C(OH)–C–C–N with tert-alkyl or cyclic N) is 1. The summed E-state index contributed by atoms with van der Waals surface area (Å²) in [6.07, 6.45) is 7.25. The smallest absolute Gasteiger partial charge is 0.274 e. The van der Waals surface area contributed by atoms with Crippen LogP contribution in [-0.2, 0) is 4.79 Å². The molecule has 138 valence electrons. The quantitative estimate of drug-likeness (QED) is 0.769. The summed E-state index contributed by atoms with van der Waals surface area (Å²) in [5.74, 6) is 0.0823. The van der Waals surface area contributed by atoms with Crippen LogP contribution in [0.15, 0.2) is 6.07 Å². The zero-order valence-electron chi connectivity index (χ0n) is 14.9. The predicted molar refractivity (Wildman–Crippen MR) is 93.2 cm³/mol. The topological polar surface area (TPSA) is 98.3 Å². The maximum absolute atomic E-state index is 12.8. The molecule has 1 unspecified atom stereocenters. The summed E-state index contributed by atoms with van der Waals surface area (Å²) in [6, 6.07) is 1.87. The number of hydrogen-bond acceptors (Lipinski definition) is 4. The number of likely N-dealkylation sites (tertiary alicyclic amines) is 1. The number of amides is 2. The van der Waals surface area contributed by atoms with Crippen molar-refractivity contribution >= 4 is 11.8 Å². The summed E-state index contributed by atoms with van der Waals surface area (Å²) in [4.78, 5) is 26.0. The standard InChI is InChI=1S/C18H28N4O3/c1-19-16(23)11-18(25)8-5-9-22(12-18)17(24)15-10-14(20-21-15)13-6-3-2-4-7-13/h10,13,25H,2-9,11-12H2,1H3,(H,19,23)(H,20,21). The van der Waals surface area contributed by atoms with E-state index in [1.54, 1.807) is 11.9 Å². The number of aromatic amines is 1. The Morgan fingerprint density at radius 3 is 2.84 bits per heavy atom. The first-order valence-corrected chi connectivity index (χ1v) is 9.28. The minimum absolute atomic E-state index is 0.0150. The highest BCUT2D eigenvalue weighted by Gasteiger charge is 2.37. The summed E-state index contributed by atoms with van der Waals surface area (Å²) >= 11 is 0. The lowest BCUT2D eigenvalue weighted by atomic mass is 9.87. The van der Waals surface area contributed by atoms with Gasteiger partial charge in [0, 0.05) is 25.2 Å². The van der Waals surface area contributed by atoms with E-state index in [0.717, 1.165) is 18.5 Å². The van der Waals surface area contributed by atoms with Gasteiger partial charge < -0.3 is 15.3 Å². The molecule has 1 aliphatic heterocycles. The van der Waals surface area contributed by atoms with Gasteiger partial charge in [-0.2, -0.15) is 5.10 Å².